The van der Waals surface area contributed by atoms with E-state index in [1.807, 2.05) is 38.1 Å². The molecule has 0 bridgehead atoms. The number of aromatic nitrogens is 1. The van der Waals surface area contributed by atoms with Crippen molar-refractivity contribution in [1.82, 2.24) is 9.88 Å². The van der Waals surface area contributed by atoms with Crippen LogP contribution < -0.4 is 15.0 Å². The molecular formula is C26H31ClN4O3. The fourth-order valence-corrected chi connectivity index (χ4v) is 4.41. The van der Waals surface area contributed by atoms with E-state index in [0.29, 0.717) is 28.6 Å². The summed E-state index contributed by atoms with van der Waals surface area (Å²) in [7, 11) is 2.13. The number of hydrogen-bond acceptors (Lipinski definition) is 7. The third-order valence-electron chi connectivity index (χ3n) is 5.97. The Morgan fingerprint density at radius 2 is 1.88 bits per heavy atom. The molecule has 0 aliphatic carbocycles. The van der Waals surface area contributed by atoms with E-state index in [-0.39, 0.29) is 6.61 Å². The molecule has 0 radical (unpaired) electrons. The van der Waals surface area contributed by atoms with Crippen LogP contribution in [0.5, 0.6) is 5.75 Å². The second kappa shape index (κ2) is 10.5. The van der Waals surface area contributed by atoms with Crippen LogP contribution in [0, 0.1) is 6.92 Å². The zero-order valence-corrected chi connectivity index (χ0v) is 20.9. The van der Waals surface area contributed by atoms with E-state index in [9.17, 15) is 4.79 Å². The summed E-state index contributed by atoms with van der Waals surface area (Å²) in [4.78, 5) is 22.1. The SMILES string of the molecule is CCOC(=O)c1cnc2cc(OCC)c(N3CCN(C)CC3)cc2c1Nc1ccc(C)cc1Cl. The van der Waals surface area contributed by atoms with Crippen molar-refractivity contribution in [2.75, 3.05) is 56.7 Å². The molecule has 8 heteroatoms. The van der Waals surface area contributed by atoms with Gasteiger partial charge in [0.25, 0.3) is 0 Å². The maximum atomic E-state index is 12.9. The Morgan fingerprint density at radius 1 is 1.12 bits per heavy atom. The Morgan fingerprint density at radius 3 is 2.56 bits per heavy atom. The quantitative estimate of drug-likeness (QED) is 0.460. The van der Waals surface area contributed by atoms with Gasteiger partial charge in [-0.15, -0.1) is 0 Å². The monoisotopic (exact) mass is 482 g/mol. The summed E-state index contributed by atoms with van der Waals surface area (Å²) in [5, 5.41) is 4.78. The highest BCUT2D eigenvalue weighted by Crippen LogP contribution is 2.39. The summed E-state index contributed by atoms with van der Waals surface area (Å²) >= 11 is 6.53. The fourth-order valence-electron chi connectivity index (χ4n) is 4.13. The van der Waals surface area contributed by atoms with Crippen molar-refractivity contribution in [3.8, 4) is 5.75 Å². The standard InChI is InChI=1S/C26H31ClN4O3/c1-5-33-24-15-22-18(14-23(24)31-11-9-30(4)10-12-31)25(19(16-28-22)26(32)34-6-2)29-21-8-7-17(3)13-20(21)27/h7-8,13-16H,5-6,9-12H2,1-4H3,(H,28,29). The Balaban J connectivity index is 1.89. The molecule has 0 saturated carbocycles. The zero-order chi connectivity index (χ0) is 24.2. The van der Waals surface area contributed by atoms with E-state index in [2.05, 4.69) is 33.2 Å². The summed E-state index contributed by atoms with van der Waals surface area (Å²) in [6.07, 6.45) is 1.55. The molecule has 3 aromatic rings. The molecular weight excluding hydrogens is 452 g/mol. The van der Waals surface area contributed by atoms with Crippen molar-refractivity contribution >= 4 is 45.5 Å². The van der Waals surface area contributed by atoms with Gasteiger partial charge < -0.3 is 24.6 Å². The number of likely N-dealkylation sites (N-methyl/N-ethyl adjacent to an activating group) is 1. The number of rotatable bonds is 7. The molecule has 0 spiro atoms. The lowest BCUT2D eigenvalue weighted by molar-refractivity contribution is 0.0527. The van der Waals surface area contributed by atoms with Crippen LogP contribution in [0.2, 0.25) is 5.02 Å². The number of carbonyl (C=O) groups excluding carboxylic acids is 1. The summed E-state index contributed by atoms with van der Waals surface area (Å²) in [5.41, 5.74) is 4.45. The largest absolute Gasteiger partial charge is 0.492 e. The smallest absolute Gasteiger partial charge is 0.341 e. The molecule has 1 fully saturated rings. The third kappa shape index (κ3) is 5.05. The number of fused-ring (bicyclic) bond motifs is 1. The van der Waals surface area contributed by atoms with Crippen molar-refractivity contribution in [2.45, 2.75) is 20.8 Å². The maximum Gasteiger partial charge on any atom is 0.341 e. The van der Waals surface area contributed by atoms with E-state index in [4.69, 9.17) is 21.1 Å². The van der Waals surface area contributed by atoms with Crippen LogP contribution in [0.4, 0.5) is 17.1 Å². The molecule has 2 aromatic carbocycles. The number of anilines is 3. The topological polar surface area (TPSA) is 66.9 Å². The van der Waals surface area contributed by atoms with E-state index in [1.54, 1.807) is 13.1 Å². The van der Waals surface area contributed by atoms with Gasteiger partial charge in [-0.1, -0.05) is 17.7 Å². The van der Waals surface area contributed by atoms with E-state index < -0.39 is 5.97 Å². The fraction of sp³-hybridized carbons (Fsp3) is 0.385. The van der Waals surface area contributed by atoms with Crippen molar-refractivity contribution in [2.24, 2.45) is 0 Å². The zero-order valence-electron chi connectivity index (χ0n) is 20.2. The van der Waals surface area contributed by atoms with Crippen LogP contribution in [-0.2, 0) is 4.74 Å². The van der Waals surface area contributed by atoms with Crippen LogP contribution in [-0.4, -0.2) is 62.3 Å². The van der Waals surface area contributed by atoms with Gasteiger partial charge in [-0.2, -0.15) is 0 Å². The first kappa shape index (κ1) is 24.1. The first-order valence-electron chi connectivity index (χ1n) is 11.6. The van der Waals surface area contributed by atoms with Crippen molar-refractivity contribution in [3.63, 3.8) is 0 Å². The molecule has 1 aliphatic rings. The van der Waals surface area contributed by atoms with Gasteiger partial charge in [0.2, 0.25) is 0 Å². The normalized spacial score (nSPS) is 14.3. The average Bonchev–Trinajstić information content (AvgIpc) is 2.81. The molecule has 4 rings (SSSR count). The highest BCUT2D eigenvalue weighted by Gasteiger charge is 2.23. The molecule has 7 nitrogen and oxygen atoms in total. The summed E-state index contributed by atoms with van der Waals surface area (Å²) in [6, 6.07) is 9.79. The Kier molecular flexibility index (Phi) is 7.44. The molecule has 34 heavy (non-hydrogen) atoms. The second-order valence-corrected chi connectivity index (χ2v) is 8.84. The number of aryl methyl sites for hydroxylation is 1. The summed E-state index contributed by atoms with van der Waals surface area (Å²) in [6.45, 7) is 10.3. The summed E-state index contributed by atoms with van der Waals surface area (Å²) < 4.78 is 11.3. The Bertz CT molecular complexity index is 1190. The number of esters is 1. The van der Waals surface area contributed by atoms with Gasteiger partial charge in [0.15, 0.2) is 0 Å². The van der Waals surface area contributed by atoms with Gasteiger partial charge in [0.05, 0.1) is 40.8 Å². The predicted molar refractivity (Wildman–Crippen MR) is 138 cm³/mol. The first-order valence-corrected chi connectivity index (χ1v) is 12.0. The molecule has 2 heterocycles. The number of benzene rings is 2. The lowest BCUT2D eigenvalue weighted by Gasteiger charge is -2.35. The maximum absolute atomic E-state index is 12.9. The minimum absolute atomic E-state index is 0.275. The predicted octanol–water partition coefficient (Wildman–Crippen LogP) is 5.27. The van der Waals surface area contributed by atoms with Crippen LogP contribution in [0.1, 0.15) is 29.8 Å². The number of pyridine rings is 1. The second-order valence-electron chi connectivity index (χ2n) is 8.44. The average molecular weight is 483 g/mol. The molecule has 1 N–H and O–H groups in total. The van der Waals surface area contributed by atoms with Gasteiger partial charge in [0.1, 0.15) is 11.3 Å². The summed E-state index contributed by atoms with van der Waals surface area (Å²) in [5.74, 6) is 0.355. The van der Waals surface area contributed by atoms with E-state index in [0.717, 1.165) is 54.1 Å². The van der Waals surface area contributed by atoms with Crippen LogP contribution >= 0.6 is 11.6 Å². The number of carbonyl (C=O) groups is 1. The van der Waals surface area contributed by atoms with Gasteiger partial charge in [0, 0.05) is 43.8 Å². The number of nitrogens with one attached hydrogen (secondary N) is 1. The molecule has 0 atom stereocenters. The lowest BCUT2D eigenvalue weighted by Crippen LogP contribution is -2.44. The van der Waals surface area contributed by atoms with Gasteiger partial charge in [-0.05, 0) is 51.6 Å². The number of halogens is 1. The molecule has 180 valence electrons. The van der Waals surface area contributed by atoms with Crippen LogP contribution in [0.3, 0.4) is 0 Å². The van der Waals surface area contributed by atoms with Crippen molar-refractivity contribution < 1.29 is 14.3 Å². The third-order valence-corrected chi connectivity index (χ3v) is 6.28. The van der Waals surface area contributed by atoms with Crippen molar-refractivity contribution in [1.29, 1.82) is 0 Å². The minimum atomic E-state index is -0.433. The molecule has 1 saturated heterocycles. The minimum Gasteiger partial charge on any atom is -0.492 e. The molecule has 0 amide bonds. The first-order chi connectivity index (χ1) is 16.4. The number of piperazine rings is 1. The van der Waals surface area contributed by atoms with Crippen LogP contribution in [0.25, 0.3) is 10.9 Å². The van der Waals surface area contributed by atoms with E-state index >= 15 is 0 Å². The molecule has 1 aliphatic heterocycles. The Labute approximate surface area is 205 Å². The molecule has 0 unspecified atom stereocenters. The van der Waals surface area contributed by atoms with Gasteiger partial charge >= 0.3 is 5.97 Å². The van der Waals surface area contributed by atoms with Gasteiger partial charge in [-0.3, -0.25) is 4.98 Å². The van der Waals surface area contributed by atoms with E-state index in [1.165, 1.54) is 0 Å². The van der Waals surface area contributed by atoms with Crippen LogP contribution in [0.15, 0.2) is 36.5 Å². The van der Waals surface area contributed by atoms with Crippen molar-refractivity contribution in [3.05, 3.63) is 52.7 Å². The highest BCUT2D eigenvalue weighted by molar-refractivity contribution is 6.33. The Hall–Kier alpha value is -3.03. The highest BCUT2D eigenvalue weighted by atomic mass is 35.5. The number of ether oxygens (including phenoxy) is 2. The van der Waals surface area contributed by atoms with Gasteiger partial charge in [-0.25, -0.2) is 4.79 Å². The number of hydrogen-bond donors (Lipinski definition) is 1. The molecule has 1 aromatic heterocycles. The number of nitrogens with zero attached hydrogens (tertiary/aromatic N) is 3. The lowest BCUT2D eigenvalue weighted by atomic mass is 10.1.